The van der Waals surface area contributed by atoms with Gasteiger partial charge in [-0.3, -0.25) is 4.79 Å². The zero-order chi connectivity index (χ0) is 13.2. The Labute approximate surface area is 114 Å². The van der Waals surface area contributed by atoms with Gasteiger partial charge >= 0.3 is 5.97 Å². The summed E-state index contributed by atoms with van der Waals surface area (Å²) < 4.78 is 5.64. The third-order valence-electron chi connectivity index (χ3n) is 2.03. The van der Waals surface area contributed by atoms with Crippen LogP contribution in [0.1, 0.15) is 19.3 Å². The van der Waals surface area contributed by atoms with Crippen molar-refractivity contribution in [2.45, 2.75) is 23.6 Å². The Kier molecular flexibility index (Phi) is 7.70. The summed E-state index contributed by atoms with van der Waals surface area (Å²) in [6.45, 7) is 1.65. The number of carboxylic acids is 1. The summed E-state index contributed by atoms with van der Waals surface area (Å²) in [6.07, 6.45) is 3.23. The molecular weight excluding hydrogens is 274 g/mol. The number of anilines is 1. The summed E-state index contributed by atoms with van der Waals surface area (Å²) in [5.74, 6) is -0.825. The average molecular weight is 291 g/mol. The van der Waals surface area contributed by atoms with Gasteiger partial charge in [0.15, 0.2) is 4.34 Å². The number of aromatic nitrogens is 2. The molecular formula is C10H17N3O3S2. The first-order valence-electron chi connectivity index (χ1n) is 5.63. The SMILES string of the molecule is COCCCCCNc1nnc(SCC(=O)O)s1. The highest BCUT2D eigenvalue weighted by Crippen LogP contribution is 2.25. The van der Waals surface area contributed by atoms with Gasteiger partial charge in [-0.15, -0.1) is 10.2 Å². The minimum Gasteiger partial charge on any atom is -0.481 e. The number of thioether (sulfide) groups is 1. The van der Waals surface area contributed by atoms with E-state index >= 15 is 0 Å². The third-order valence-corrected chi connectivity index (χ3v) is 4.03. The predicted octanol–water partition coefficient (Wildman–Crippen LogP) is 1.94. The second kappa shape index (κ2) is 9.12. The summed E-state index contributed by atoms with van der Waals surface area (Å²) in [4.78, 5) is 10.4. The van der Waals surface area contributed by atoms with Gasteiger partial charge in [0, 0.05) is 20.3 Å². The van der Waals surface area contributed by atoms with Gasteiger partial charge in [0.05, 0.1) is 5.75 Å². The van der Waals surface area contributed by atoms with E-state index in [0.717, 1.165) is 37.5 Å². The van der Waals surface area contributed by atoms with Crippen molar-refractivity contribution in [1.82, 2.24) is 10.2 Å². The molecule has 0 aliphatic heterocycles. The Hall–Kier alpha value is -0.860. The first-order valence-corrected chi connectivity index (χ1v) is 7.43. The van der Waals surface area contributed by atoms with Crippen LogP contribution in [0.3, 0.4) is 0 Å². The fraction of sp³-hybridized carbons (Fsp3) is 0.700. The lowest BCUT2D eigenvalue weighted by Gasteiger charge is -2.01. The lowest BCUT2D eigenvalue weighted by Crippen LogP contribution is -2.01. The van der Waals surface area contributed by atoms with E-state index in [2.05, 4.69) is 15.5 Å². The van der Waals surface area contributed by atoms with Gasteiger partial charge in [0.1, 0.15) is 0 Å². The number of carbonyl (C=O) groups is 1. The van der Waals surface area contributed by atoms with Crippen LogP contribution in [0.5, 0.6) is 0 Å². The Balaban J connectivity index is 2.13. The van der Waals surface area contributed by atoms with Crippen LogP contribution >= 0.6 is 23.1 Å². The highest BCUT2D eigenvalue weighted by atomic mass is 32.2. The lowest BCUT2D eigenvalue weighted by molar-refractivity contribution is -0.133. The first-order chi connectivity index (χ1) is 8.72. The zero-order valence-electron chi connectivity index (χ0n) is 10.2. The molecule has 0 aliphatic rings. The highest BCUT2D eigenvalue weighted by Gasteiger charge is 2.06. The summed E-state index contributed by atoms with van der Waals surface area (Å²) in [5, 5.41) is 20.3. The van der Waals surface area contributed by atoms with Crippen LogP contribution in [0.4, 0.5) is 5.13 Å². The Morgan fingerprint density at radius 3 is 3.00 bits per heavy atom. The highest BCUT2D eigenvalue weighted by molar-refractivity contribution is 8.01. The number of unbranched alkanes of at least 4 members (excludes halogenated alkanes) is 2. The molecule has 0 spiro atoms. The number of hydrogen-bond acceptors (Lipinski definition) is 7. The molecule has 102 valence electrons. The molecule has 0 aromatic carbocycles. The molecule has 0 atom stereocenters. The van der Waals surface area contributed by atoms with Crippen LogP contribution in [0.2, 0.25) is 0 Å². The van der Waals surface area contributed by atoms with E-state index in [1.165, 1.54) is 23.1 Å². The number of carboxylic acid groups (broad SMARTS) is 1. The van der Waals surface area contributed by atoms with Crippen molar-refractivity contribution in [2.24, 2.45) is 0 Å². The number of aliphatic carboxylic acids is 1. The van der Waals surface area contributed by atoms with E-state index in [4.69, 9.17) is 9.84 Å². The summed E-state index contributed by atoms with van der Waals surface area (Å²) >= 11 is 2.57. The fourth-order valence-electron chi connectivity index (χ4n) is 1.21. The number of methoxy groups -OCH3 is 1. The van der Waals surface area contributed by atoms with Crippen molar-refractivity contribution < 1.29 is 14.6 Å². The Morgan fingerprint density at radius 1 is 1.44 bits per heavy atom. The van der Waals surface area contributed by atoms with Gasteiger partial charge in [0.2, 0.25) is 5.13 Å². The monoisotopic (exact) mass is 291 g/mol. The van der Waals surface area contributed by atoms with Crippen LogP contribution in [0.15, 0.2) is 4.34 Å². The Bertz CT molecular complexity index is 360. The second-order valence-electron chi connectivity index (χ2n) is 3.54. The predicted molar refractivity (Wildman–Crippen MR) is 72.5 cm³/mol. The van der Waals surface area contributed by atoms with Gasteiger partial charge in [-0.2, -0.15) is 0 Å². The number of nitrogens with one attached hydrogen (secondary N) is 1. The number of hydrogen-bond donors (Lipinski definition) is 2. The Morgan fingerprint density at radius 2 is 2.28 bits per heavy atom. The molecule has 1 aromatic heterocycles. The van der Waals surface area contributed by atoms with Crippen molar-refractivity contribution >= 4 is 34.2 Å². The molecule has 0 fully saturated rings. The van der Waals surface area contributed by atoms with E-state index in [-0.39, 0.29) is 5.75 Å². The molecule has 2 N–H and O–H groups in total. The van der Waals surface area contributed by atoms with Crippen LogP contribution in [0.25, 0.3) is 0 Å². The topological polar surface area (TPSA) is 84.3 Å². The molecule has 0 saturated heterocycles. The van der Waals surface area contributed by atoms with Crippen molar-refractivity contribution in [3.63, 3.8) is 0 Å². The van der Waals surface area contributed by atoms with Crippen molar-refractivity contribution in [3.05, 3.63) is 0 Å². The van der Waals surface area contributed by atoms with Crippen LogP contribution in [-0.4, -0.2) is 47.3 Å². The number of nitrogens with zero attached hydrogens (tertiary/aromatic N) is 2. The van der Waals surface area contributed by atoms with Crippen molar-refractivity contribution in [1.29, 1.82) is 0 Å². The standard InChI is InChI=1S/C10H17N3O3S2/c1-16-6-4-2-3-5-11-9-12-13-10(18-9)17-7-8(14)15/h2-7H2,1H3,(H,11,12)(H,14,15). The van der Waals surface area contributed by atoms with Crippen LogP contribution in [0, 0.1) is 0 Å². The summed E-state index contributed by atoms with van der Waals surface area (Å²) in [7, 11) is 1.70. The minimum atomic E-state index is -0.845. The van der Waals surface area contributed by atoms with Crippen molar-refractivity contribution in [3.8, 4) is 0 Å². The molecule has 0 aliphatic carbocycles. The molecule has 18 heavy (non-hydrogen) atoms. The van der Waals surface area contributed by atoms with Crippen LogP contribution in [-0.2, 0) is 9.53 Å². The summed E-state index contributed by atoms with van der Waals surface area (Å²) in [6, 6.07) is 0. The number of ether oxygens (including phenoxy) is 1. The zero-order valence-corrected chi connectivity index (χ0v) is 11.9. The van der Waals surface area contributed by atoms with E-state index in [9.17, 15) is 4.79 Å². The van der Waals surface area contributed by atoms with Gasteiger partial charge in [0.25, 0.3) is 0 Å². The molecule has 0 saturated carbocycles. The van der Waals surface area contributed by atoms with E-state index < -0.39 is 5.97 Å². The van der Waals surface area contributed by atoms with Crippen molar-refractivity contribution in [2.75, 3.05) is 31.3 Å². The third kappa shape index (κ3) is 6.77. The largest absolute Gasteiger partial charge is 0.481 e. The molecule has 1 heterocycles. The van der Waals surface area contributed by atoms with E-state index in [1.807, 2.05) is 0 Å². The molecule has 1 rings (SSSR count). The normalized spacial score (nSPS) is 10.5. The van der Waals surface area contributed by atoms with Gasteiger partial charge in [-0.05, 0) is 19.3 Å². The first kappa shape index (κ1) is 15.2. The maximum atomic E-state index is 10.4. The quantitative estimate of drug-likeness (QED) is 0.503. The second-order valence-corrected chi connectivity index (χ2v) is 5.74. The molecule has 0 bridgehead atoms. The number of rotatable bonds is 10. The molecule has 1 aromatic rings. The molecule has 6 nitrogen and oxygen atoms in total. The molecule has 8 heteroatoms. The molecule has 0 amide bonds. The molecule has 0 radical (unpaired) electrons. The summed E-state index contributed by atoms with van der Waals surface area (Å²) in [5.41, 5.74) is 0. The van der Waals surface area contributed by atoms with Crippen LogP contribution < -0.4 is 5.32 Å². The minimum absolute atomic E-state index is 0.0195. The lowest BCUT2D eigenvalue weighted by atomic mass is 10.2. The van der Waals surface area contributed by atoms with E-state index in [0.29, 0.717) is 4.34 Å². The maximum absolute atomic E-state index is 10.4. The smallest absolute Gasteiger partial charge is 0.313 e. The fourth-order valence-corrected chi connectivity index (χ4v) is 2.70. The average Bonchev–Trinajstić information content (AvgIpc) is 2.79. The van der Waals surface area contributed by atoms with Gasteiger partial charge < -0.3 is 15.2 Å². The maximum Gasteiger partial charge on any atom is 0.313 e. The van der Waals surface area contributed by atoms with Gasteiger partial charge in [-0.25, -0.2) is 0 Å². The van der Waals surface area contributed by atoms with Gasteiger partial charge in [-0.1, -0.05) is 23.1 Å². The van der Waals surface area contributed by atoms with E-state index in [1.54, 1.807) is 7.11 Å². The molecule has 0 unspecified atom stereocenters.